The molecule has 1 aromatic carbocycles. The van der Waals surface area contributed by atoms with Crippen LogP contribution in [0.1, 0.15) is 44.7 Å². The van der Waals surface area contributed by atoms with Crippen LogP contribution >= 0.6 is 15.9 Å². The molecule has 132 valence electrons. The van der Waals surface area contributed by atoms with Crippen molar-refractivity contribution >= 4 is 22.0 Å². The van der Waals surface area contributed by atoms with Gasteiger partial charge in [0, 0.05) is 41.6 Å². The molecule has 24 heavy (non-hydrogen) atoms. The third kappa shape index (κ3) is 4.22. The fourth-order valence-electron chi connectivity index (χ4n) is 3.46. The van der Waals surface area contributed by atoms with Crippen LogP contribution in [0.4, 0.5) is 4.79 Å². The Morgan fingerprint density at radius 3 is 2.71 bits per heavy atom. The number of carbonyl (C=O) groups excluding carboxylic acids is 1. The van der Waals surface area contributed by atoms with E-state index in [-0.39, 0.29) is 18.1 Å². The van der Waals surface area contributed by atoms with E-state index in [1.807, 2.05) is 18.2 Å². The largest absolute Gasteiger partial charge is 0.493 e. The topological polar surface area (TPSA) is 53.6 Å². The molecule has 0 bridgehead atoms. The summed E-state index contributed by atoms with van der Waals surface area (Å²) in [5.74, 6) is 0.861. The van der Waals surface area contributed by atoms with Crippen LogP contribution in [0.15, 0.2) is 22.7 Å². The second kappa shape index (κ2) is 7.74. The lowest BCUT2D eigenvalue weighted by Crippen LogP contribution is -2.50. The van der Waals surface area contributed by atoms with Crippen molar-refractivity contribution in [3.63, 3.8) is 0 Å². The van der Waals surface area contributed by atoms with Crippen LogP contribution in [0.3, 0.4) is 0 Å². The molecule has 2 heterocycles. The number of hydrogen-bond donors (Lipinski definition) is 2. The Hall–Kier alpha value is -1.27. The molecule has 0 radical (unpaired) electrons. The van der Waals surface area contributed by atoms with Gasteiger partial charge in [0.15, 0.2) is 0 Å². The normalized spacial score (nSPS) is 21.9. The molecular formula is C18H26BrN3O2. The van der Waals surface area contributed by atoms with Gasteiger partial charge in [0.25, 0.3) is 0 Å². The quantitative estimate of drug-likeness (QED) is 0.823. The molecule has 5 nitrogen and oxygen atoms in total. The van der Waals surface area contributed by atoms with E-state index >= 15 is 0 Å². The van der Waals surface area contributed by atoms with Gasteiger partial charge >= 0.3 is 6.03 Å². The number of ether oxygens (including phenoxy) is 1. The molecule has 1 atom stereocenters. The fraction of sp³-hybridized carbons (Fsp3) is 0.611. The van der Waals surface area contributed by atoms with Gasteiger partial charge in [0.1, 0.15) is 5.75 Å². The summed E-state index contributed by atoms with van der Waals surface area (Å²) >= 11 is 3.49. The molecule has 6 heteroatoms. The first-order valence-electron chi connectivity index (χ1n) is 8.76. The number of likely N-dealkylation sites (tertiary alicyclic amines) is 1. The minimum atomic E-state index is -0.0733. The van der Waals surface area contributed by atoms with E-state index < -0.39 is 0 Å². The van der Waals surface area contributed by atoms with E-state index in [9.17, 15) is 4.79 Å². The third-order valence-electron chi connectivity index (χ3n) is 4.91. The highest BCUT2D eigenvalue weighted by atomic mass is 79.9. The smallest absolute Gasteiger partial charge is 0.315 e. The highest BCUT2D eigenvalue weighted by Gasteiger charge is 2.26. The lowest BCUT2D eigenvalue weighted by atomic mass is 10.0. The number of halogens is 1. The minimum absolute atomic E-state index is 0.00185. The van der Waals surface area contributed by atoms with Gasteiger partial charge < -0.3 is 20.3 Å². The average molecular weight is 396 g/mol. The summed E-state index contributed by atoms with van der Waals surface area (Å²) in [6.45, 7) is 7.18. The van der Waals surface area contributed by atoms with E-state index in [4.69, 9.17) is 4.74 Å². The van der Waals surface area contributed by atoms with Crippen molar-refractivity contribution in [2.75, 3.05) is 19.7 Å². The molecule has 2 aliphatic rings. The van der Waals surface area contributed by atoms with Crippen molar-refractivity contribution in [3.8, 4) is 5.75 Å². The molecule has 0 unspecified atom stereocenters. The molecule has 1 saturated heterocycles. The molecule has 1 fully saturated rings. The van der Waals surface area contributed by atoms with Crippen LogP contribution in [0.25, 0.3) is 0 Å². The second-order valence-electron chi connectivity index (χ2n) is 6.89. The zero-order valence-corrected chi connectivity index (χ0v) is 15.9. The molecule has 2 aliphatic heterocycles. The number of fused-ring (bicyclic) bond motifs is 1. The molecular weight excluding hydrogens is 370 g/mol. The van der Waals surface area contributed by atoms with Gasteiger partial charge in [-0.3, -0.25) is 0 Å². The Morgan fingerprint density at radius 1 is 1.25 bits per heavy atom. The van der Waals surface area contributed by atoms with Crippen LogP contribution in [0.2, 0.25) is 0 Å². The van der Waals surface area contributed by atoms with Crippen molar-refractivity contribution in [1.29, 1.82) is 0 Å². The van der Waals surface area contributed by atoms with Gasteiger partial charge in [-0.25, -0.2) is 4.79 Å². The van der Waals surface area contributed by atoms with Crippen LogP contribution in [0.5, 0.6) is 5.75 Å². The summed E-state index contributed by atoms with van der Waals surface area (Å²) in [5, 5.41) is 6.26. The number of nitrogens with one attached hydrogen (secondary N) is 2. The van der Waals surface area contributed by atoms with Crippen molar-refractivity contribution < 1.29 is 9.53 Å². The van der Waals surface area contributed by atoms with Crippen LogP contribution in [-0.4, -0.2) is 42.7 Å². The SMILES string of the molecule is CC(C)N1CCC(NC(=O)N[C@@H]2CCOc3ccc(Br)cc32)CC1. The molecule has 2 amide bonds. The first-order valence-corrected chi connectivity index (χ1v) is 9.55. The van der Waals surface area contributed by atoms with Crippen LogP contribution < -0.4 is 15.4 Å². The van der Waals surface area contributed by atoms with Gasteiger partial charge in [-0.15, -0.1) is 0 Å². The summed E-state index contributed by atoms with van der Waals surface area (Å²) in [6, 6.07) is 6.72. The van der Waals surface area contributed by atoms with E-state index in [1.165, 1.54) is 0 Å². The lowest BCUT2D eigenvalue weighted by molar-refractivity contribution is 0.160. The first kappa shape index (κ1) is 17.5. The lowest BCUT2D eigenvalue weighted by Gasteiger charge is -2.35. The highest BCUT2D eigenvalue weighted by molar-refractivity contribution is 9.10. The number of hydrogen-bond acceptors (Lipinski definition) is 3. The molecule has 1 aromatic rings. The van der Waals surface area contributed by atoms with Crippen molar-refractivity contribution in [1.82, 2.24) is 15.5 Å². The molecule has 0 aliphatic carbocycles. The van der Waals surface area contributed by atoms with Crippen molar-refractivity contribution in [2.24, 2.45) is 0 Å². The highest BCUT2D eigenvalue weighted by Crippen LogP contribution is 2.34. The number of rotatable bonds is 3. The van der Waals surface area contributed by atoms with Crippen molar-refractivity contribution in [2.45, 2.75) is 51.2 Å². The van der Waals surface area contributed by atoms with Gasteiger partial charge in [0.2, 0.25) is 0 Å². The van der Waals surface area contributed by atoms with E-state index in [2.05, 4.69) is 45.3 Å². The van der Waals surface area contributed by atoms with Gasteiger partial charge in [-0.05, 0) is 44.9 Å². The Kier molecular flexibility index (Phi) is 5.66. The summed E-state index contributed by atoms with van der Waals surface area (Å²) in [6.07, 6.45) is 2.83. The van der Waals surface area contributed by atoms with E-state index in [0.717, 1.165) is 48.1 Å². The fourth-order valence-corrected chi connectivity index (χ4v) is 3.84. The number of piperidine rings is 1. The molecule has 3 rings (SSSR count). The van der Waals surface area contributed by atoms with Gasteiger partial charge in [-0.1, -0.05) is 15.9 Å². The zero-order valence-electron chi connectivity index (χ0n) is 14.3. The summed E-state index contributed by atoms with van der Waals surface area (Å²) in [7, 11) is 0. The molecule has 0 saturated carbocycles. The Balaban J connectivity index is 1.54. The Morgan fingerprint density at radius 2 is 2.00 bits per heavy atom. The monoisotopic (exact) mass is 395 g/mol. The maximum atomic E-state index is 12.4. The maximum absolute atomic E-state index is 12.4. The zero-order chi connectivity index (χ0) is 17.1. The molecule has 2 N–H and O–H groups in total. The number of nitrogens with zero attached hydrogens (tertiary/aromatic N) is 1. The number of urea groups is 1. The van der Waals surface area contributed by atoms with Crippen LogP contribution in [0, 0.1) is 0 Å². The number of carbonyl (C=O) groups is 1. The minimum Gasteiger partial charge on any atom is -0.493 e. The summed E-state index contributed by atoms with van der Waals surface area (Å²) in [4.78, 5) is 14.9. The molecule has 0 aromatic heterocycles. The number of benzene rings is 1. The maximum Gasteiger partial charge on any atom is 0.315 e. The van der Waals surface area contributed by atoms with E-state index in [0.29, 0.717) is 12.6 Å². The Bertz CT molecular complexity index is 586. The van der Waals surface area contributed by atoms with Crippen LogP contribution in [-0.2, 0) is 0 Å². The predicted molar refractivity (Wildman–Crippen MR) is 98.4 cm³/mol. The third-order valence-corrected chi connectivity index (χ3v) is 5.40. The second-order valence-corrected chi connectivity index (χ2v) is 7.81. The number of amides is 2. The van der Waals surface area contributed by atoms with Gasteiger partial charge in [0.05, 0.1) is 12.6 Å². The van der Waals surface area contributed by atoms with E-state index in [1.54, 1.807) is 0 Å². The first-order chi connectivity index (χ1) is 11.5. The Labute approximate surface area is 152 Å². The predicted octanol–water partition coefficient (Wildman–Crippen LogP) is 3.44. The molecule has 0 spiro atoms. The van der Waals surface area contributed by atoms with Crippen molar-refractivity contribution in [3.05, 3.63) is 28.2 Å². The summed E-state index contributed by atoms with van der Waals surface area (Å²) < 4.78 is 6.68. The summed E-state index contributed by atoms with van der Waals surface area (Å²) in [5.41, 5.74) is 1.04. The van der Waals surface area contributed by atoms with Gasteiger partial charge in [-0.2, -0.15) is 0 Å². The average Bonchev–Trinajstić information content (AvgIpc) is 2.56. The standard InChI is InChI=1S/C18H26BrN3O2/c1-12(2)22-8-5-14(6-9-22)20-18(23)21-16-7-10-24-17-4-3-13(19)11-15(16)17/h3-4,11-12,14,16H,5-10H2,1-2H3,(H2,20,21,23)/t16-/m1/s1.